The monoisotopic (exact) mass is 338 g/mol. The molecule has 3 heterocycles. The molecule has 3 aromatic rings. The first-order valence-electron chi connectivity index (χ1n) is 8.02. The Labute approximate surface area is 144 Å². The van der Waals surface area contributed by atoms with Gasteiger partial charge in [-0.2, -0.15) is 0 Å². The lowest BCUT2D eigenvalue weighted by Crippen LogP contribution is -2.36. The van der Waals surface area contributed by atoms with Gasteiger partial charge in [-0.3, -0.25) is 4.79 Å². The van der Waals surface area contributed by atoms with Gasteiger partial charge in [-0.15, -0.1) is 0 Å². The fourth-order valence-corrected chi connectivity index (χ4v) is 3.19. The van der Waals surface area contributed by atoms with Gasteiger partial charge in [0, 0.05) is 19.3 Å². The second-order valence-corrected chi connectivity index (χ2v) is 5.95. The molecule has 0 atom stereocenters. The lowest BCUT2D eigenvalue weighted by atomic mass is 9.98. The van der Waals surface area contributed by atoms with Crippen LogP contribution in [0.4, 0.5) is 0 Å². The van der Waals surface area contributed by atoms with Crippen molar-refractivity contribution in [3.63, 3.8) is 0 Å². The smallest absolute Gasteiger partial charge is 0.255 e. The molecule has 1 aromatic carbocycles. The number of benzene rings is 1. The van der Waals surface area contributed by atoms with E-state index in [0.29, 0.717) is 30.0 Å². The third-order valence-electron chi connectivity index (χ3n) is 4.53. The minimum Gasteiger partial charge on any atom is -0.493 e. The minimum atomic E-state index is -0.0376. The maximum atomic E-state index is 12.8. The van der Waals surface area contributed by atoms with Crippen LogP contribution in [-0.2, 0) is 13.0 Å². The number of aromatic amines is 1. The molecule has 2 aromatic heterocycles. The Morgan fingerprint density at radius 1 is 1.12 bits per heavy atom. The first-order valence-corrected chi connectivity index (χ1v) is 8.02. The predicted octanol–water partition coefficient (Wildman–Crippen LogP) is 2.17. The molecule has 0 radical (unpaired) electrons. The van der Waals surface area contributed by atoms with Gasteiger partial charge in [0.2, 0.25) is 0 Å². The van der Waals surface area contributed by atoms with Crippen molar-refractivity contribution in [1.82, 2.24) is 19.9 Å². The SMILES string of the molecule is COc1cc2c(cc1OC)CN(C(=O)c1cnc3nc[nH]c3c1)CC2. The van der Waals surface area contributed by atoms with Crippen molar-refractivity contribution in [2.75, 3.05) is 20.8 Å². The molecule has 128 valence electrons. The molecule has 0 unspecified atom stereocenters. The van der Waals surface area contributed by atoms with Gasteiger partial charge in [-0.05, 0) is 35.7 Å². The van der Waals surface area contributed by atoms with Gasteiger partial charge < -0.3 is 19.4 Å². The molecular formula is C18H18N4O3. The van der Waals surface area contributed by atoms with E-state index in [4.69, 9.17) is 9.47 Å². The van der Waals surface area contributed by atoms with E-state index >= 15 is 0 Å². The van der Waals surface area contributed by atoms with E-state index in [9.17, 15) is 4.79 Å². The third kappa shape index (κ3) is 2.67. The van der Waals surface area contributed by atoms with Gasteiger partial charge in [-0.25, -0.2) is 9.97 Å². The molecule has 7 nitrogen and oxygen atoms in total. The zero-order valence-electron chi connectivity index (χ0n) is 14.1. The quantitative estimate of drug-likeness (QED) is 0.792. The zero-order chi connectivity index (χ0) is 17.4. The molecule has 1 amide bonds. The number of fused-ring (bicyclic) bond motifs is 2. The van der Waals surface area contributed by atoms with Crippen LogP contribution in [-0.4, -0.2) is 46.5 Å². The normalized spacial score (nSPS) is 13.6. The second kappa shape index (κ2) is 6.08. The Morgan fingerprint density at radius 3 is 2.64 bits per heavy atom. The largest absolute Gasteiger partial charge is 0.493 e. The van der Waals surface area contributed by atoms with Crippen molar-refractivity contribution in [1.29, 1.82) is 0 Å². The topological polar surface area (TPSA) is 80.3 Å². The highest BCUT2D eigenvalue weighted by molar-refractivity contribution is 5.96. The van der Waals surface area contributed by atoms with Crippen molar-refractivity contribution >= 4 is 17.1 Å². The number of methoxy groups -OCH3 is 2. The van der Waals surface area contributed by atoms with Crippen LogP contribution in [0, 0.1) is 0 Å². The summed E-state index contributed by atoms with van der Waals surface area (Å²) in [5, 5.41) is 0. The molecule has 25 heavy (non-hydrogen) atoms. The summed E-state index contributed by atoms with van der Waals surface area (Å²) in [6.45, 7) is 1.19. The molecular weight excluding hydrogens is 320 g/mol. The van der Waals surface area contributed by atoms with E-state index < -0.39 is 0 Å². The molecule has 0 saturated carbocycles. The van der Waals surface area contributed by atoms with Gasteiger partial charge in [0.25, 0.3) is 5.91 Å². The molecule has 0 fully saturated rings. The van der Waals surface area contributed by atoms with Crippen LogP contribution in [0.2, 0.25) is 0 Å². The van der Waals surface area contributed by atoms with Crippen LogP contribution in [0.25, 0.3) is 11.2 Å². The summed E-state index contributed by atoms with van der Waals surface area (Å²) < 4.78 is 10.7. The van der Waals surface area contributed by atoms with Gasteiger partial charge in [0.1, 0.15) is 0 Å². The van der Waals surface area contributed by atoms with Crippen LogP contribution < -0.4 is 9.47 Å². The number of carbonyl (C=O) groups is 1. The predicted molar refractivity (Wildman–Crippen MR) is 91.9 cm³/mol. The average molecular weight is 338 g/mol. The third-order valence-corrected chi connectivity index (χ3v) is 4.53. The number of rotatable bonds is 3. The van der Waals surface area contributed by atoms with E-state index in [0.717, 1.165) is 23.3 Å². The standard InChI is InChI=1S/C18H18N4O3/c1-24-15-6-11-3-4-22(9-13(11)7-16(15)25-2)18(23)12-5-14-17(19-8-12)21-10-20-14/h5-8,10H,3-4,9H2,1-2H3,(H,19,20,21). The van der Waals surface area contributed by atoms with E-state index in [-0.39, 0.29) is 5.91 Å². The first-order chi connectivity index (χ1) is 12.2. The number of amides is 1. The maximum absolute atomic E-state index is 12.8. The Hall–Kier alpha value is -3.09. The number of hydrogen-bond acceptors (Lipinski definition) is 5. The Kier molecular flexibility index (Phi) is 3.76. The number of nitrogens with zero attached hydrogens (tertiary/aromatic N) is 3. The second-order valence-electron chi connectivity index (χ2n) is 5.95. The summed E-state index contributed by atoms with van der Waals surface area (Å²) in [7, 11) is 3.24. The van der Waals surface area contributed by atoms with E-state index in [1.54, 1.807) is 32.8 Å². The highest BCUT2D eigenvalue weighted by Gasteiger charge is 2.24. The number of hydrogen-bond donors (Lipinski definition) is 1. The molecule has 0 bridgehead atoms. The summed E-state index contributed by atoms with van der Waals surface area (Å²) in [5.74, 6) is 1.36. The zero-order valence-corrected chi connectivity index (χ0v) is 14.1. The summed E-state index contributed by atoms with van der Waals surface area (Å²) in [6, 6.07) is 5.74. The highest BCUT2D eigenvalue weighted by atomic mass is 16.5. The molecule has 0 spiro atoms. The van der Waals surface area contributed by atoms with Crippen molar-refractivity contribution in [3.8, 4) is 11.5 Å². The fraction of sp³-hybridized carbons (Fsp3) is 0.278. The summed E-state index contributed by atoms with van der Waals surface area (Å²) in [6.07, 6.45) is 3.93. The molecule has 1 aliphatic heterocycles. The number of H-pyrrole nitrogens is 1. The van der Waals surface area contributed by atoms with Gasteiger partial charge >= 0.3 is 0 Å². The fourth-order valence-electron chi connectivity index (χ4n) is 3.19. The number of pyridine rings is 1. The number of aromatic nitrogens is 3. The van der Waals surface area contributed by atoms with Gasteiger partial charge in [-0.1, -0.05) is 0 Å². The summed E-state index contributed by atoms with van der Waals surface area (Å²) in [5.41, 5.74) is 4.18. The number of nitrogens with one attached hydrogen (secondary N) is 1. The summed E-state index contributed by atoms with van der Waals surface area (Å²) >= 11 is 0. The van der Waals surface area contributed by atoms with Crippen LogP contribution >= 0.6 is 0 Å². The van der Waals surface area contributed by atoms with Gasteiger partial charge in [0.15, 0.2) is 17.1 Å². The number of carbonyl (C=O) groups excluding carboxylic acids is 1. The Balaban J connectivity index is 1.61. The van der Waals surface area contributed by atoms with Crippen LogP contribution in [0.1, 0.15) is 21.5 Å². The average Bonchev–Trinajstić information content (AvgIpc) is 3.13. The van der Waals surface area contributed by atoms with E-state index in [1.165, 1.54) is 5.56 Å². The summed E-state index contributed by atoms with van der Waals surface area (Å²) in [4.78, 5) is 26.0. The van der Waals surface area contributed by atoms with Crippen LogP contribution in [0.15, 0.2) is 30.7 Å². The van der Waals surface area contributed by atoms with Crippen molar-refractivity contribution < 1.29 is 14.3 Å². The van der Waals surface area contributed by atoms with Gasteiger partial charge in [0.05, 0.1) is 31.6 Å². The highest BCUT2D eigenvalue weighted by Crippen LogP contribution is 2.33. The van der Waals surface area contributed by atoms with E-state index in [1.807, 2.05) is 17.0 Å². The lowest BCUT2D eigenvalue weighted by Gasteiger charge is -2.29. The molecule has 0 saturated heterocycles. The van der Waals surface area contributed by atoms with Crippen LogP contribution in [0.3, 0.4) is 0 Å². The minimum absolute atomic E-state index is 0.0376. The maximum Gasteiger partial charge on any atom is 0.255 e. The van der Waals surface area contributed by atoms with Crippen molar-refractivity contribution in [2.45, 2.75) is 13.0 Å². The number of imidazole rings is 1. The molecule has 0 aliphatic carbocycles. The Bertz CT molecular complexity index is 951. The van der Waals surface area contributed by atoms with Crippen molar-refractivity contribution in [3.05, 3.63) is 47.4 Å². The van der Waals surface area contributed by atoms with E-state index in [2.05, 4.69) is 15.0 Å². The molecule has 1 N–H and O–H groups in total. The lowest BCUT2D eigenvalue weighted by molar-refractivity contribution is 0.0734. The van der Waals surface area contributed by atoms with Crippen LogP contribution in [0.5, 0.6) is 11.5 Å². The van der Waals surface area contributed by atoms with Crippen molar-refractivity contribution in [2.24, 2.45) is 0 Å². The molecule has 1 aliphatic rings. The number of ether oxygens (including phenoxy) is 2. The molecule has 4 rings (SSSR count). The molecule has 7 heteroatoms. The Morgan fingerprint density at radius 2 is 1.88 bits per heavy atom. The first kappa shape index (κ1) is 15.4.